The Bertz CT molecular complexity index is 358. The molecule has 1 N–H and O–H groups in total. The standard InChI is InChI=1S/C13H24N4/c1-10(2)13-9-17(11(3)7-14-13)8-12-5-6-16(4)15-12/h5-6,10-11,13-14H,7-9H2,1-4H3. The summed E-state index contributed by atoms with van der Waals surface area (Å²) in [4.78, 5) is 2.53. The molecule has 4 heteroatoms. The number of hydrogen-bond acceptors (Lipinski definition) is 3. The molecule has 2 heterocycles. The number of aromatic nitrogens is 2. The number of piperazine rings is 1. The van der Waals surface area contributed by atoms with Crippen molar-refractivity contribution in [1.82, 2.24) is 20.0 Å². The largest absolute Gasteiger partial charge is 0.311 e. The fourth-order valence-electron chi connectivity index (χ4n) is 2.37. The van der Waals surface area contributed by atoms with Crippen LogP contribution < -0.4 is 5.32 Å². The molecule has 0 bridgehead atoms. The lowest BCUT2D eigenvalue weighted by molar-refractivity contribution is 0.114. The first-order valence-corrected chi connectivity index (χ1v) is 6.52. The Morgan fingerprint density at radius 3 is 2.88 bits per heavy atom. The van der Waals surface area contributed by atoms with Crippen LogP contribution in [0.5, 0.6) is 0 Å². The number of rotatable bonds is 3. The zero-order valence-electron chi connectivity index (χ0n) is 11.3. The predicted octanol–water partition coefficient (Wildman–Crippen LogP) is 1.24. The molecule has 1 aliphatic heterocycles. The fourth-order valence-corrected chi connectivity index (χ4v) is 2.37. The number of nitrogens with one attached hydrogen (secondary N) is 1. The molecule has 0 aromatic carbocycles. The van der Waals surface area contributed by atoms with Crippen LogP contribution in [0.4, 0.5) is 0 Å². The van der Waals surface area contributed by atoms with Crippen molar-refractivity contribution in [3.63, 3.8) is 0 Å². The second-order valence-electron chi connectivity index (χ2n) is 5.52. The number of nitrogens with zero attached hydrogens (tertiary/aromatic N) is 3. The van der Waals surface area contributed by atoms with Gasteiger partial charge in [0.05, 0.1) is 5.69 Å². The van der Waals surface area contributed by atoms with Crippen LogP contribution in [0.25, 0.3) is 0 Å². The lowest BCUT2D eigenvalue weighted by Gasteiger charge is -2.40. The van der Waals surface area contributed by atoms with E-state index in [-0.39, 0.29) is 0 Å². The molecule has 1 aromatic rings. The summed E-state index contributed by atoms with van der Waals surface area (Å²) in [5.74, 6) is 0.689. The van der Waals surface area contributed by atoms with Crippen molar-refractivity contribution in [2.75, 3.05) is 13.1 Å². The zero-order valence-corrected chi connectivity index (χ0v) is 11.3. The quantitative estimate of drug-likeness (QED) is 0.857. The molecule has 96 valence electrons. The van der Waals surface area contributed by atoms with Crippen molar-refractivity contribution >= 4 is 0 Å². The summed E-state index contributed by atoms with van der Waals surface area (Å²) in [7, 11) is 1.97. The molecule has 1 fully saturated rings. The Labute approximate surface area is 104 Å². The Kier molecular flexibility index (Phi) is 3.84. The average molecular weight is 236 g/mol. The first kappa shape index (κ1) is 12.6. The summed E-state index contributed by atoms with van der Waals surface area (Å²) in [5, 5.41) is 8.09. The van der Waals surface area contributed by atoms with Gasteiger partial charge in [-0.1, -0.05) is 13.8 Å². The maximum atomic E-state index is 4.46. The molecule has 0 amide bonds. The Balaban J connectivity index is 1.98. The SMILES string of the molecule is CC(C)C1CN(Cc2ccn(C)n2)C(C)CN1. The fraction of sp³-hybridized carbons (Fsp3) is 0.769. The van der Waals surface area contributed by atoms with Crippen LogP contribution in [0, 0.1) is 5.92 Å². The number of aryl methyl sites for hydroxylation is 1. The van der Waals surface area contributed by atoms with Gasteiger partial charge in [-0.15, -0.1) is 0 Å². The smallest absolute Gasteiger partial charge is 0.0764 e. The monoisotopic (exact) mass is 236 g/mol. The van der Waals surface area contributed by atoms with Crippen molar-refractivity contribution in [2.45, 2.75) is 39.4 Å². The van der Waals surface area contributed by atoms with Gasteiger partial charge >= 0.3 is 0 Å². The lowest BCUT2D eigenvalue weighted by Crippen LogP contribution is -2.56. The summed E-state index contributed by atoms with van der Waals surface area (Å²) < 4.78 is 1.88. The van der Waals surface area contributed by atoms with Gasteiger partial charge in [-0.2, -0.15) is 5.10 Å². The third-order valence-corrected chi connectivity index (χ3v) is 3.67. The zero-order chi connectivity index (χ0) is 12.4. The first-order chi connectivity index (χ1) is 8.06. The van der Waals surface area contributed by atoms with Crippen molar-refractivity contribution in [2.24, 2.45) is 13.0 Å². The molecule has 17 heavy (non-hydrogen) atoms. The van der Waals surface area contributed by atoms with E-state index < -0.39 is 0 Å². The summed E-state index contributed by atoms with van der Waals surface area (Å²) in [6.45, 7) is 10.0. The molecule has 1 saturated heterocycles. The van der Waals surface area contributed by atoms with E-state index >= 15 is 0 Å². The van der Waals surface area contributed by atoms with Gasteiger partial charge in [-0.25, -0.2) is 0 Å². The summed E-state index contributed by atoms with van der Waals surface area (Å²) >= 11 is 0. The maximum Gasteiger partial charge on any atom is 0.0764 e. The van der Waals surface area contributed by atoms with Crippen LogP contribution in [0.2, 0.25) is 0 Å². The van der Waals surface area contributed by atoms with Gasteiger partial charge in [0.25, 0.3) is 0 Å². The molecule has 2 rings (SSSR count). The highest BCUT2D eigenvalue weighted by Crippen LogP contribution is 2.15. The van der Waals surface area contributed by atoms with Crippen LogP contribution in [0.1, 0.15) is 26.5 Å². The van der Waals surface area contributed by atoms with Crippen molar-refractivity contribution in [3.8, 4) is 0 Å². The van der Waals surface area contributed by atoms with Gasteiger partial charge in [-0.05, 0) is 18.9 Å². The first-order valence-electron chi connectivity index (χ1n) is 6.52. The van der Waals surface area contributed by atoms with Gasteiger partial charge in [-0.3, -0.25) is 9.58 Å². The van der Waals surface area contributed by atoms with Gasteiger partial charge < -0.3 is 5.32 Å². The lowest BCUT2D eigenvalue weighted by atomic mass is 10.00. The molecule has 0 aliphatic carbocycles. The molecular formula is C13H24N4. The average Bonchev–Trinajstić information content (AvgIpc) is 2.67. The number of hydrogen-bond donors (Lipinski definition) is 1. The molecule has 1 aliphatic rings. The van der Waals surface area contributed by atoms with E-state index in [1.807, 2.05) is 17.9 Å². The minimum Gasteiger partial charge on any atom is -0.311 e. The van der Waals surface area contributed by atoms with Crippen molar-refractivity contribution < 1.29 is 0 Å². The van der Waals surface area contributed by atoms with E-state index in [2.05, 4.69) is 42.2 Å². The highest BCUT2D eigenvalue weighted by molar-refractivity contribution is 5.00. The molecule has 0 saturated carbocycles. The van der Waals surface area contributed by atoms with Crippen molar-refractivity contribution in [1.29, 1.82) is 0 Å². The van der Waals surface area contributed by atoms with E-state index in [4.69, 9.17) is 0 Å². The van der Waals surface area contributed by atoms with Gasteiger partial charge in [0.2, 0.25) is 0 Å². The molecule has 0 radical (unpaired) electrons. The normalized spacial score (nSPS) is 26.6. The summed E-state index contributed by atoms with van der Waals surface area (Å²) in [6.07, 6.45) is 2.02. The Hall–Kier alpha value is -0.870. The molecule has 4 nitrogen and oxygen atoms in total. The summed E-state index contributed by atoms with van der Waals surface area (Å²) in [6, 6.07) is 3.31. The third-order valence-electron chi connectivity index (χ3n) is 3.67. The Morgan fingerprint density at radius 2 is 2.29 bits per heavy atom. The van der Waals surface area contributed by atoms with Crippen LogP contribution in [0.3, 0.4) is 0 Å². The van der Waals surface area contributed by atoms with E-state index in [0.29, 0.717) is 18.0 Å². The molecular weight excluding hydrogens is 212 g/mol. The van der Waals surface area contributed by atoms with E-state index in [0.717, 1.165) is 19.6 Å². The second-order valence-corrected chi connectivity index (χ2v) is 5.52. The minimum atomic E-state index is 0.590. The molecule has 2 atom stereocenters. The second kappa shape index (κ2) is 5.19. The molecule has 1 aromatic heterocycles. The maximum absolute atomic E-state index is 4.46. The molecule has 2 unspecified atom stereocenters. The van der Waals surface area contributed by atoms with Gasteiger partial charge in [0.1, 0.15) is 0 Å². The Morgan fingerprint density at radius 1 is 1.53 bits per heavy atom. The molecule has 0 spiro atoms. The predicted molar refractivity (Wildman–Crippen MR) is 69.7 cm³/mol. The van der Waals surface area contributed by atoms with Gasteiger partial charge in [0, 0.05) is 45.0 Å². The van der Waals surface area contributed by atoms with Crippen LogP contribution in [0.15, 0.2) is 12.3 Å². The van der Waals surface area contributed by atoms with Crippen LogP contribution in [-0.2, 0) is 13.6 Å². The minimum absolute atomic E-state index is 0.590. The van der Waals surface area contributed by atoms with Crippen LogP contribution in [-0.4, -0.2) is 39.9 Å². The van der Waals surface area contributed by atoms with Crippen molar-refractivity contribution in [3.05, 3.63) is 18.0 Å². The highest BCUT2D eigenvalue weighted by Gasteiger charge is 2.26. The van der Waals surface area contributed by atoms with E-state index in [1.165, 1.54) is 5.69 Å². The summed E-state index contributed by atoms with van der Waals surface area (Å²) in [5.41, 5.74) is 1.17. The van der Waals surface area contributed by atoms with E-state index in [9.17, 15) is 0 Å². The van der Waals surface area contributed by atoms with Gasteiger partial charge in [0.15, 0.2) is 0 Å². The highest BCUT2D eigenvalue weighted by atomic mass is 15.3. The third kappa shape index (κ3) is 3.07. The van der Waals surface area contributed by atoms with E-state index in [1.54, 1.807) is 0 Å². The van der Waals surface area contributed by atoms with Crippen LogP contribution >= 0.6 is 0 Å². The topological polar surface area (TPSA) is 33.1 Å².